The fraction of sp³-hybridized carbons (Fsp3) is 0.500. The second-order valence-electron chi connectivity index (χ2n) is 2.08. The minimum absolute atomic E-state index is 0.0994. The Hall–Kier alpha value is -1.23. The number of rotatable bonds is 3. The van der Waals surface area contributed by atoms with Crippen LogP contribution in [0.25, 0.3) is 0 Å². The number of anilines is 1. The van der Waals surface area contributed by atoms with Gasteiger partial charge < -0.3 is 10.0 Å². The SMILES string of the molecule is CN(CCO)c1ncncn1. The first-order valence-electron chi connectivity index (χ1n) is 3.28. The lowest BCUT2D eigenvalue weighted by atomic mass is 10.6. The van der Waals surface area contributed by atoms with Gasteiger partial charge in [-0.1, -0.05) is 0 Å². The maximum Gasteiger partial charge on any atom is 0.228 e. The molecule has 1 aromatic heterocycles. The molecule has 0 fully saturated rings. The first kappa shape index (κ1) is 7.87. The molecule has 0 saturated heterocycles. The summed E-state index contributed by atoms with van der Waals surface area (Å²) in [6.07, 6.45) is 2.85. The normalized spacial score (nSPS) is 9.64. The molecule has 1 heterocycles. The Labute approximate surface area is 64.7 Å². The van der Waals surface area contributed by atoms with Crippen molar-refractivity contribution in [1.29, 1.82) is 0 Å². The van der Waals surface area contributed by atoms with Crippen molar-refractivity contribution in [1.82, 2.24) is 15.0 Å². The highest BCUT2D eigenvalue weighted by molar-refractivity contribution is 5.24. The standard InChI is InChI=1S/C6H10N4O/c1-10(2-3-11)6-8-4-7-5-9-6/h4-5,11H,2-3H2,1H3. The van der Waals surface area contributed by atoms with E-state index < -0.39 is 0 Å². The minimum Gasteiger partial charge on any atom is -0.395 e. The lowest BCUT2D eigenvalue weighted by Gasteiger charge is -2.13. The lowest BCUT2D eigenvalue weighted by molar-refractivity contribution is 0.303. The van der Waals surface area contributed by atoms with Crippen molar-refractivity contribution in [3.05, 3.63) is 12.7 Å². The molecule has 0 aliphatic rings. The molecule has 0 radical (unpaired) electrons. The third-order valence-corrected chi connectivity index (χ3v) is 1.26. The van der Waals surface area contributed by atoms with Crippen molar-refractivity contribution in [3.63, 3.8) is 0 Å². The average Bonchev–Trinajstić information content (AvgIpc) is 2.07. The van der Waals surface area contributed by atoms with E-state index in [0.29, 0.717) is 12.5 Å². The van der Waals surface area contributed by atoms with Crippen molar-refractivity contribution in [2.45, 2.75) is 0 Å². The fourth-order valence-corrected chi connectivity index (χ4v) is 0.680. The van der Waals surface area contributed by atoms with E-state index in [-0.39, 0.29) is 6.61 Å². The first-order valence-corrected chi connectivity index (χ1v) is 3.28. The highest BCUT2D eigenvalue weighted by Gasteiger charge is 1.99. The van der Waals surface area contributed by atoms with E-state index in [1.54, 1.807) is 4.90 Å². The smallest absolute Gasteiger partial charge is 0.228 e. The molecule has 5 heteroatoms. The van der Waals surface area contributed by atoms with Gasteiger partial charge >= 0.3 is 0 Å². The van der Waals surface area contributed by atoms with Crippen LogP contribution in [0.5, 0.6) is 0 Å². The molecular formula is C6H10N4O. The Morgan fingerprint density at radius 1 is 1.45 bits per heavy atom. The van der Waals surface area contributed by atoms with Gasteiger partial charge in [0.15, 0.2) is 0 Å². The molecule has 5 nitrogen and oxygen atoms in total. The Bertz CT molecular complexity index is 203. The third kappa shape index (κ3) is 2.12. The van der Waals surface area contributed by atoms with Crippen molar-refractivity contribution >= 4 is 5.95 Å². The second kappa shape index (κ2) is 3.82. The van der Waals surface area contributed by atoms with Gasteiger partial charge in [0.05, 0.1) is 6.61 Å². The van der Waals surface area contributed by atoms with Crippen LogP contribution in [0, 0.1) is 0 Å². The van der Waals surface area contributed by atoms with E-state index in [1.165, 1.54) is 12.7 Å². The monoisotopic (exact) mass is 154 g/mol. The molecule has 11 heavy (non-hydrogen) atoms. The Balaban J connectivity index is 2.61. The highest BCUT2D eigenvalue weighted by Crippen LogP contribution is 1.98. The van der Waals surface area contributed by atoms with Crippen LogP contribution in [0.15, 0.2) is 12.7 Å². The summed E-state index contributed by atoms with van der Waals surface area (Å²) in [6, 6.07) is 0. The molecule has 0 bridgehead atoms. The molecule has 0 unspecified atom stereocenters. The zero-order chi connectivity index (χ0) is 8.10. The van der Waals surface area contributed by atoms with Crippen LogP contribution >= 0.6 is 0 Å². The predicted octanol–water partition coefficient (Wildman–Crippen LogP) is -0.700. The van der Waals surface area contributed by atoms with Crippen molar-refractivity contribution in [2.75, 3.05) is 25.1 Å². The third-order valence-electron chi connectivity index (χ3n) is 1.26. The molecule has 1 aromatic rings. The van der Waals surface area contributed by atoms with Crippen LogP contribution < -0.4 is 4.90 Å². The Morgan fingerprint density at radius 3 is 2.64 bits per heavy atom. The summed E-state index contributed by atoms with van der Waals surface area (Å²) in [6.45, 7) is 0.631. The van der Waals surface area contributed by atoms with E-state index >= 15 is 0 Å². The maximum absolute atomic E-state index is 8.59. The van der Waals surface area contributed by atoms with E-state index in [1.807, 2.05) is 7.05 Å². The summed E-state index contributed by atoms with van der Waals surface area (Å²) in [5.41, 5.74) is 0. The second-order valence-corrected chi connectivity index (χ2v) is 2.08. The van der Waals surface area contributed by atoms with Crippen LogP contribution in [0.2, 0.25) is 0 Å². The lowest BCUT2D eigenvalue weighted by Crippen LogP contribution is -2.23. The van der Waals surface area contributed by atoms with Gasteiger partial charge in [0.2, 0.25) is 5.95 Å². The summed E-state index contributed by atoms with van der Waals surface area (Å²) >= 11 is 0. The van der Waals surface area contributed by atoms with E-state index in [2.05, 4.69) is 15.0 Å². The number of likely N-dealkylation sites (N-methyl/N-ethyl adjacent to an activating group) is 1. The summed E-state index contributed by atoms with van der Waals surface area (Å²) < 4.78 is 0. The van der Waals surface area contributed by atoms with Crippen molar-refractivity contribution in [2.24, 2.45) is 0 Å². The van der Waals surface area contributed by atoms with Crippen molar-refractivity contribution < 1.29 is 5.11 Å². The van der Waals surface area contributed by atoms with Gasteiger partial charge in [-0.3, -0.25) is 0 Å². The van der Waals surface area contributed by atoms with Crippen molar-refractivity contribution in [3.8, 4) is 0 Å². The number of hydrogen-bond acceptors (Lipinski definition) is 5. The summed E-state index contributed by atoms with van der Waals surface area (Å²) in [4.78, 5) is 13.2. The molecule has 0 aromatic carbocycles. The number of aliphatic hydroxyl groups excluding tert-OH is 1. The topological polar surface area (TPSA) is 62.1 Å². The van der Waals surface area contributed by atoms with Gasteiger partial charge in [-0.15, -0.1) is 0 Å². The Kier molecular flexibility index (Phi) is 2.74. The molecule has 0 spiro atoms. The molecular weight excluding hydrogens is 144 g/mol. The summed E-state index contributed by atoms with van der Waals surface area (Å²) in [5, 5.41) is 8.59. The van der Waals surface area contributed by atoms with Gasteiger partial charge in [0, 0.05) is 13.6 Å². The van der Waals surface area contributed by atoms with E-state index in [4.69, 9.17) is 5.11 Å². The van der Waals surface area contributed by atoms with Crippen LogP contribution in [0.1, 0.15) is 0 Å². The average molecular weight is 154 g/mol. The summed E-state index contributed by atoms with van der Waals surface area (Å²) in [7, 11) is 1.81. The molecule has 0 amide bonds. The van der Waals surface area contributed by atoms with Gasteiger partial charge in [-0.2, -0.15) is 0 Å². The molecule has 1 rings (SSSR count). The fourth-order valence-electron chi connectivity index (χ4n) is 0.680. The zero-order valence-electron chi connectivity index (χ0n) is 6.30. The number of nitrogens with zero attached hydrogens (tertiary/aromatic N) is 4. The van der Waals surface area contributed by atoms with Gasteiger partial charge in [-0.05, 0) is 0 Å². The van der Waals surface area contributed by atoms with Gasteiger partial charge in [0.25, 0.3) is 0 Å². The molecule has 0 saturated carbocycles. The van der Waals surface area contributed by atoms with Crippen LogP contribution in [0.4, 0.5) is 5.95 Å². The van der Waals surface area contributed by atoms with E-state index in [9.17, 15) is 0 Å². The number of aromatic nitrogens is 3. The molecule has 1 N–H and O–H groups in total. The maximum atomic E-state index is 8.59. The molecule has 0 atom stereocenters. The highest BCUT2D eigenvalue weighted by atomic mass is 16.3. The number of aliphatic hydroxyl groups is 1. The van der Waals surface area contributed by atoms with Crippen LogP contribution in [-0.2, 0) is 0 Å². The largest absolute Gasteiger partial charge is 0.395 e. The van der Waals surface area contributed by atoms with E-state index in [0.717, 1.165) is 0 Å². The van der Waals surface area contributed by atoms with Gasteiger partial charge in [-0.25, -0.2) is 15.0 Å². The predicted molar refractivity (Wildman–Crippen MR) is 40.2 cm³/mol. The quantitative estimate of drug-likeness (QED) is 0.623. The molecule has 60 valence electrons. The van der Waals surface area contributed by atoms with Crippen LogP contribution in [0.3, 0.4) is 0 Å². The number of hydrogen-bond donors (Lipinski definition) is 1. The minimum atomic E-state index is 0.0994. The Morgan fingerprint density at radius 2 is 2.09 bits per heavy atom. The zero-order valence-corrected chi connectivity index (χ0v) is 6.30. The van der Waals surface area contributed by atoms with Crippen LogP contribution in [-0.4, -0.2) is 40.3 Å². The van der Waals surface area contributed by atoms with Gasteiger partial charge in [0.1, 0.15) is 12.7 Å². The molecule has 0 aliphatic heterocycles. The molecule has 0 aliphatic carbocycles. The summed E-state index contributed by atoms with van der Waals surface area (Å²) in [5.74, 6) is 0.578. The first-order chi connectivity index (χ1) is 5.34.